The van der Waals surface area contributed by atoms with Gasteiger partial charge in [0, 0.05) is 31.2 Å². The van der Waals surface area contributed by atoms with Crippen LogP contribution in [0.1, 0.15) is 32.7 Å². The number of imidazole rings is 1. The third-order valence-electron chi connectivity index (χ3n) is 4.78. The van der Waals surface area contributed by atoms with Gasteiger partial charge < -0.3 is 10.6 Å². The molecule has 1 aliphatic heterocycles. The van der Waals surface area contributed by atoms with Gasteiger partial charge in [0.25, 0.3) is 0 Å². The van der Waals surface area contributed by atoms with Gasteiger partial charge in [0.1, 0.15) is 6.54 Å². The topological polar surface area (TPSA) is 103 Å². The third-order valence-corrected chi connectivity index (χ3v) is 4.78. The Kier molecular flexibility index (Phi) is 4.61. The van der Waals surface area contributed by atoms with Gasteiger partial charge in [0.05, 0.1) is 5.52 Å². The summed E-state index contributed by atoms with van der Waals surface area (Å²) >= 11 is 0. The zero-order valence-electron chi connectivity index (χ0n) is 14.5. The molecule has 8 heteroatoms. The smallest absolute Gasteiger partial charge is 0.331 e. The molecule has 0 spiro atoms. The molecule has 2 aromatic rings. The minimum absolute atomic E-state index is 0.0258. The molecule has 0 unspecified atom stereocenters. The van der Waals surface area contributed by atoms with Crippen LogP contribution >= 0.6 is 0 Å². The maximum absolute atomic E-state index is 12.7. The van der Waals surface area contributed by atoms with Crippen molar-refractivity contribution in [2.24, 2.45) is 11.7 Å². The van der Waals surface area contributed by atoms with E-state index < -0.39 is 0 Å². The fraction of sp³-hybridized carbons (Fsp3) is 0.529. The number of carbonyl (C=O) groups is 2. The summed E-state index contributed by atoms with van der Waals surface area (Å²) in [7, 11) is 0. The summed E-state index contributed by atoms with van der Waals surface area (Å²) in [4.78, 5) is 42.6. The van der Waals surface area contributed by atoms with Gasteiger partial charge in [-0.1, -0.05) is 0 Å². The highest BCUT2D eigenvalue weighted by Gasteiger charge is 2.27. The highest BCUT2D eigenvalue weighted by Crippen LogP contribution is 2.18. The molecule has 0 atom stereocenters. The Morgan fingerprint density at radius 2 is 2.00 bits per heavy atom. The molecule has 2 aromatic heterocycles. The molecule has 0 saturated carbocycles. The standard InChI is InChI=1S/C17H23N5O3/c1-11(2)22-16-13(4-3-7-19-16)21(17(22)25)10-14(23)20-8-5-12(6-9-20)15(18)24/h3-4,7,11-12H,5-6,8-10H2,1-2H3,(H2,18,24). The first-order valence-corrected chi connectivity index (χ1v) is 8.53. The Morgan fingerprint density at radius 1 is 1.32 bits per heavy atom. The monoisotopic (exact) mass is 345 g/mol. The van der Waals surface area contributed by atoms with E-state index in [0.717, 1.165) is 0 Å². The fourth-order valence-corrected chi connectivity index (χ4v) is 3.38. The highest BCUT2D eigenvalue weighted by molar-refractivity contribution is 5.80. The molecule has 134 valence electrons. The molecular weight excluding hydrogens is 322 g/mol. The largest absolute Gasteiger partial charge is 0.369 e. The normalized spacial score (nSPS) is 15.9. The number of piperidine rings is 1. The zero-order valence-corrected chi connectivity index (χ0v) is 14.5. The number of rotatable bonds is 4. The van der Waals surface area contributed by atoms with Crippen molar-refractivity contribution in [2.75, 3.05) is 13.1 Å². The van der Waals surface area contributed by atoms with Gasteiger partial charge in [0.15, 0.2) is 5.65 Å². The summed E-state index contributed by atoms with van der Waals surface area (Å²) in [5.41, 5.74) is 6.34. The van der Waals surface area contributed by atoms with Crippen LogP contribution in [0.5, 0.6) is 0 Å². The number of nitrogens with two attached hydrogens (primary N) is 1. The predicted octanol–water partition coefficient (Wildman–Crippen LogP) is 0.503. The Labute approximate surface area is 145 Å². The van der Waals surface area contributed by atoms with E-state index in [0.29, 0.717) is 37.1 Å². The van der Waals surface area contributed by atoms with E-state index in [9.17, 15) is 14.4 Å². The first kappa shape index (κ1) is 17.2. The van der Waals surface area contributed by atoms with Crippen molar-refractivity contribution >= 4 is 23.0 Å². The molecule has 0 aromatic carbocycles. The summed E-state index contributed by atoms with van der Waals surface area (Å²) in [5, 5.41) is 0. The Balaban J connectivity index is 1.84. The molecule has 3 rings (SSSR count). The van der Waals surface area contributed by atoms with E-state index in [1.807, 2.05) is 13.8 Å². The minimum atomic E-state index is -0.311. The fourth-order valence-electron chi connectivity index (χ4n) is 3.38. The second-order valence-corrected chi connectivity index (χ2v) is 6.74. The highest BCUT2D eigenvalue weighted by atomic mass is 16.2. The van der Waals surface area contributed by atoms with Gasteiger partial charge in [0.2, 0.25) is 11.8 Å². The van der Waals surface area contributed by atoms with Gasteiger partial charge in [-0.25, -0.2) is 9.78 Å². The van der Waals surface area contributed by atoms with Crippen LogP contribution in [0.25, 0.3) is 11.2 Å². The number of hydrogen-bond acceptors (Lipinski definition) is 4. The number of primary amides is 1. The Bertz CT molecular complexity index is 859. The van der Waals surface area contributed by atoms with Crippen molar-refractivity contribution in [1.29, 1.82) is 0 Å². The quantitative estimate of drug-likeness (QED) is 0.871. The van der Waals surface area contributed by atoms with Crippen LogP contribution in [0.3, 0.4) is 0 Å². The van der Waals surface area contributed by atoms with E-state index >= 15 is 0 Å². The zero-order chi connectivity index (χ0) is 18.1. The number of pyridine rings is 1. The van der Waals surface area contributed by atoms with Gasteiger partial charge in [-0.3, -0.25) is 18.7 Å². The van der Waals surface area contributed by atoms with Gasteiger partial charge >= 0.3 is 5.69 Å². The molecule has 2 amide bonds. The van der Waals surface area contributed by atoms with Crippen molar-refractivity contribution in [1.82, 2.24) is 19.0 Å². The molecule has 2 N–H and O–H groups in total. The number of likely N-dealkylation sites (tertiary alicyclic amines) is 1. The number of fused-ring (bicyclic) bond motifs is 1. The van der Waals surface area contributed by atoms with Crippen molar-refractivity contribution in [2.45, 2.75) is 39.3 Å². The number of carbonyl (C=O) groups excluding carboxylic acids is 2. The van der Waals surface area contributed by atoms with Crippen molar-refractivity contribution < 1.29 is 9.59 Å². The second-order valence-electron chi connectivity index (χ2n) is 6.74. The predicted molar refractivity (Wildman–Crippen MR) is 92.9 cm³/mol. The lowest BCUT2D eigenvalue weighted by Crippen LogP contribution is -2.44. The Morgan fingerprint density at radius 3 is 2.60 bits per heavy atom. The molecule has 0 bridgehead atoms. The van der Waals surface area contributed by atoms with Crippen LogP contribution in [0.4, 0.5) is 0 Å². The van der Waals surface area contributed by atoms with Gasteiger partial charge in [-0.05, 0) is 38.8 Å². The summed E-state index contributed by atoms with van der Waals surface area (Å²) in [6.07, 6.45) is 2.79. The van der Waals surface area contributed by atoms with Crippen molar-refractivity contribution in [3.05, 3.63) is 28.8 Å². The molecule has 25 heavy (non-hydrogen) atoms. The summed E-state index contributed by atoms with van der Waals surface area (Å²) < 4.78 is 3.08. The molecule has 0 radical (unpaired) electrons. The molecule has 8 nitrogen and oxygen atoms in total. The average molecular weight is 345 g/mol. The Hall–Kier alpha value is -2.64. The van der Waals surface area contributed by atoms with E-state index in [1.165, 1.54) is 4.57 Å². The molecule has 1 aliphatic rings. The number of nitrogens with zero attached hydrogens (tertiary/aromatic N) is 4. The van der Waals surface area contributed by atoms with Crippen LogP contribution < -0.4 is 11.4 Å². The van der Waals surface area contributed by atoms with E-state index in [1.54, 1.807) is 27.8 Å². The van der Waals surface area contributed by atoms with Gasteiger partial charge in [-0.2, -0.15) is 0 Å². The van der Waals surface area contributed by atoms with E-state index in [-0.39, 0.29) is 36.0 Å². The summed E-state index contributed by atoms with van der Waals surface area (Å²) in [6, 6.07) is 3.51. The molecule has 1 fully saturated rings. The SMILES string of the molecule is CC(C)n1c(=O)n(CC(=O)N2CCC(C(N)=O)CC2)c2cccnc21. The molecule has 1 saturated heterocycles. The van der Waals surface area contributed by atoms with Crippen LogP contribution in [-0.4, -0.2) is 43.9 Å². The summed E-state index contributed by atoms with van der Waals surface area (Å²) in [5.74, 6) is -0.607. The molecular formula is C17H23N5O3. The first-order valence-electron chi connectivity index (χ1n) is 8.53. The minimum Gasteiger partial charge on any atom is -0.369 e. The summed E-state index contributed by atoms with van der Waals surface area (Å²) in [6.45, 7) is 4.78. The number of amides is 2. The maximum Gasteiger partial charge on any atom is 0.331 e. The lowest BCUT2D eigenvalue weighted by molar-refractivity contribution is -0.135. The van der Waals surface area contributed by atoms with E-state index in [2.05, 4.69) is 4.98 Å². The van der Waals surface area contributed by atoms with Crippen LogP contribution in [0.15, 0.2) is 23.1 Å². The third kappa shape index (κ3) is 3.16. The first-order chi connectivity index (χ1) is 11.9. The van der Waals surface area contributed by atoms with Crippen LogP contribution in [-0.2, 0) is 16.1 Å². The van der Waals surface area contributed by atoms with Crippen molar-refractivity contribution in [3.8, 4) is 0 Å². The molecule has 3 heterocycles. The number of aromatic nitrogens is 3. The van der Waals surface area contributed by atoms with Crippen LogP contribution in [0.2, 0.25) is 0 Å². The van der Waals surface area contributed by atoms with Crippen LogP contribution in [0, 0.1) is 5.92 Å². The van der Waals surface area contributed by atoms with E-state index in [4.69, 9.17) is 5.73 Å². The second kappa shape index (κ2) is 6.70. The number of hydrogen-bond donors (Lipinski definition) is 1. The van der Waals surface area contributed by atoms with Gasteiger partial charge in [-0.15, -0.1) is 0 Å². The van der Waals surface area contributed by atoms with Crippen molar-refractivity contribution in [3.63, 3.8) is 0 Å². The average Bonchev–Trinajstić information content (AvgIpc) is 2.87. The maximum atomic E-state index is 12.7. The lowest BCUT2D eigenvalue weighted by atomic mass is 9.96. The molecule has 0 aliphatic carbocycles. The lowest BCUT2D eigenvalue weighted by Gasteiger charge is -2.30.